The molecule has 4 heteroatoms. The summed E-state index contributed by atoms with van der Waals surface area (Å²) in [6, 6.07) is 4.53. The van der Waals surface area contributed by atoms with Crippen molar-refractivity contribution in [1.29, 1.82) is 0 Å². The zero-order valence-electron chi connectivity index (χ0n) is 12.0. The zero-order chi connectivity index (χ0) is 14.0. The van der Waals surface area contributed by atoms with Gasteiger partial charge in [0.15, 0.2) is 0 Å². The van der Waals surface area contributed by atoms with E-state index in [0.29, 0.717) is 6.42 Å². The van der Waals surface area contributed by atoms with Crippen LogP contribution >= 0.6 is 11.3 Å². The number of hydrogen-bond acceptors (Lipinski definition) is 3. The van der Waals surface area contributed by atoms with Gasteiger partial charge >= 0.3 is 5.97 Å². The highest BCUT2D eigenvalue weighted by Gasteiger charge is 2.48. The average molecular weight is 281 g/mol. The van der Waals surface area contributed by atoms with Crippen molar-refractivity contribution in [3.05, 3.63) is 21.9 Å². The molecule has 0 aliphatic carbocycles. The molecule has 1 aromatic rings. The minimum Gasteiger partial charge on any atom is -0.480 e. The molecule has 0 saturated carbocycles. The Hall–Kier alpha value is -0.870. The fourth-order valence-corrected chi connectivity index (χ4v) is 4.20. The van der Waals surface area contributed by atoms with E-state index in [2.05, 4.69) is 30.9 Å². The van der Waals surface area contributed by atoms with Gasteiger partial charge in [0, 0.05) is 15.8 Å². The Morgan fingerprint density at radius 1 is 1.53 bits per heavy atom. The number of hydrogen-bond donors (Lipinski definition) is 1. The summed E-state index contributed by atoms with van der Waals surface area (Å²) < 4.78 is 0. The third-order valence-corrected chi connectivity index (χ3v) is 5.83. The van der Waals surface area contributed by atoms with Crippen LogP contribution in [0.4, 0.5) is 0 Å². The Morgan fingerprint density at radius 2 is 2.26 bits per heavy atom. The number of aryl methyl sites for hydroxylation is 1. The standard InChI is InChI=1S/C15H23NO2S/c1-4-12-7-8-13(19-12)11(3)16-10-6-9-15(16,5-2)14(17)18/h7-8,11H,4-6,9-10H2,1-3H3,(H,17,18). The van der Waals surface area contributed by atoms with Crippen molar-refractivity contribution in [2.45, 2.75) is 58.0 Å². The Morgan fingerprint density at radius 3 is 2.79 bits per heavy atom. The molecule has 3 nitrogen and oxygen atoms in total. The maximum atomic E-state index is 11.7. The van der Waals surface area contributed by atoms with E-state index in [1.54, 1.807) is 0 Å². The van der Waals surface area contributed by atoms with Crippen molar-refractivity contribution < 1.29 is 9.90 Å². The molecule has 19 heavy (non-hydrogen) atoms. The van der Waals surface area contributed by atoms with Crippen LogP contribution in [0.1, 0.15) is 55.8 Å². The number of nitrogens with zero attached hydrogens (tertiary/aromatic N) is 1. The highest BCUT2D eigenvalue weighted by atomic mass is 32.1. The van der Waals surface area contributed by atoms with Crippen molar-refractivity contribution in [2.24, 2.45) is 0 Å². The van der Waals surface area contributed by atoms with Crippen LogP contribution in [-0.2, 0) is 11.2 Å². The number of rotatable bonds is 5. The van der Waals surface area contributed by atoms with Gasteiger partial charge in [0.1, 0.15) is 5.54 Å². The number of carboxylic acids is 1. The fraction of sp³-hybridized carbons (Fsp3) is 0.667. The zero-order valence-corrected chi connectivity index (χ0v) is 12.8. The average Bonchev–Trinajstić information content (AvgIpc) is 3.04. The first-order chi connectivity index (χ1) is 9.05. The fourth-order valence-electron chi connectivity index (χ4n) is 3.19. The van der Waals surface area contributed by atoms with Crippen LogP contribution in [0.5, 0.6) is 0 Å². The normalized spacial score (nSPS) is 25.6. The molecule has 0 aromatic carbocycles. The van der Waals surface area contributed by atoms with Crippen molar-refractivity contribution in [3.63, 3.8) is 0 Å². The number of likely N-dealkylation sites (tertiary alicyclic amines) is 1. The lowest BCUT2D eigenvalue weighted by molar-refractivity contribution is -0.151. The summed E-state index contributed by atoms with van der Waals surface area (Å²) >= 11 is 1.82. The summed E-state index contributed by atoms with van der Waals surface area (Å²) in [5.41, 5.74) is -0.657. The molecule has 0 bridgehead atoms. The van der Waals surface area contributed by atoms with E-state index in [9.17, 15) is 9.90 Å². The largest absolute Gasteiger partial charge is 0.480 e. The predicted molar refractivity (Wildman–Crippen MR) is 78.7 cm³/mol. The van der Waals surface area contributed by atoms with Crippen molar-refractivity contribution in [3.8, 4) is 0 Å². The van der Waals surface area contributed by atoms with E-state index in [-0.39, 0.29) is 6.04 Å². The van der Waals surface area contributed by atoms with E-state index >= 15 is 0 Å². The smallest absolute Gasteiger partial charge is 0.324 e. The quantitative estimate of drug-likeness (QED) is 0.894. The van der Waals surface area contributed by atoms with Crippen LogP contribution in [-0.4, -0.2) is 28.1 Å². The molecule has 106 valence electrons. The minimum atomic E-state index is -0.661. The first-order valence-corrected chi connectivity index (χ1v) is 7.95. The van der Waals surface area contributed by atoms with Gasteiger partial charge in [-0.25, -0.2) is 0 Å². The molecular formula is C15H23NO2S. The second kappa shape index (κ2) is 5.63. The van der Waals surface area contributed by atoms with Gasteiger partial charge in [-0.15, -0.1) is 11.3 Å². The molecule has 2 unspecified atom stereocenters. The van der Waals surface area contributed by atoms with Crippen LogP contribution < -0.4 is 0 Å². The molecule has 1 saturated heterocycles. The lowest BCUT2D eigenvalue weighted by atomic mass is 9.92. The van der Waals surface area contributed by atoms with Gasteiger partial charge in [-0.3, -0.25) is 9.69 Å². The molecule has 1 N–H and O–H groups in total. The van der Waals surface area contributed by atoms with Crippen LogP contribution in [0.15, 0.2) is 12.1 Å². The first-order valence-electron chi connectivity index (χ1n) is 7.14. The molecular weight excluding hydrogens is 258 g/mol. The van der Waals surface area contributed by atoms with Gasteiger partial charge in [-0.2, -0.15) is 0 Å². The van der Waals surface area contributed by atoms with E-state index in [1.807, 2.05) is 18.3 Å². The minimum absolute atomic E-state index is 0.198. The topological polar surface area (TPSA) is 40.5 Å². The number of carbonyl (C=O) groups is 1. The SMILES string of the molecule is CCc1ccc(C(C)N2CCCC2(CC)C(=O)O)s1. The molecule has 2 atom stereocenters. The number of thiophene rings is 1. The summed E-state index contributed by atoms with van der Waals surface area (Å²) in [6.45, 7) is 7.18. The maximum Gasteiger partial charge on any atom is 0.324 e. The second-order valence-electron chi connectivity index (χ2n) is 5.32. The molecule has 0 spiro atoms. The third-order valence-electron chi connectivity index (χ3n) is 4.43. The van der Waals surface area contributed by atoms with Crippen LogP contribution in [0.3, 0.4) is 0 Å². The van der Waals surface area contributed by atoms with E-state index in [4.69, 9.17) is 0 Å². The molecule has 1 aliphatic heterocycles. The van der Waals surface area contributed by atoms with Gasteiger partial charge < -0.3 is 5.11 Å². The van der Waals surface area contributed by atoms with Gasteiger partial charge in [-0.05, 0) is 51.3 Å². The van der Waals surface area contributed by atoms with Crippen LogP contribution in [0.25, 0.3) is 0 Å². The van der Waals surface area contributed by atoms with Gasteiger partial charge in [0.05, 0.1) is 0 Å². The summed E-state index contributed by atoms with van der Waals surface area (Å²) in [6.07, 6.45) is 3.49. The van der Waals surface area contributed by atoms with Crippen molar-refractivity contribution >= 4 is 17.3 Å². The van der Waals surface area contributed by atoms with Crippen molar-refractivity contribution in [2.75, 3.05) is 6.54 Å². The van der Waals surface area contributed by atoms with Crippen molar-refractivity contribution in [1.82, 2.24) is 4.90 Å². The molecule has 0 amide bonds. The first kappa shape index (κ1) is 14.5. The highest BCUT2D eigenvalue weighted by Crippen LogP contribution is 2.40. The molecule has 2 heterocycles. The van der Waals surface area contributed by atoms with E-state index in [0.717, 1.165) is 25.8 Å². The third kappa shape index (κ3) is 2.43. The van der Waals surface area contributed by atoms with Gasteiger partial charge in [0.2, 0.25) is 0 Å². The van der Waals surface area contributed by atoms with E-state index in [1.165, 1.54) is 9.75 Å². The van der Waals surface area contributed by atoms with E-state index < -0.39 is 11.5 Å². The summed E-state index contributed by atoms with van der Waals surface area (Å²) in [7, 11) is 0. The number of carboxylic acid groups (broad SMARTS) is 1. The Labute approximate surface area is 119 Å². The monoisotopic (exact) mass is 281 g/mol. The van der Waals surface area contributed by atoms with Gasteiger partial charge in [-0.1, -0.05) is 13.8 Å². The molecule has 0 radical (unpaired) electrons. The Balaban J connectivity index is 2.26. The molecule has 2 rings (SSSR count). The summed E-state index contributed by atoms with van der Waals surface area (Å²) in [5, 5.41) is 9.64. The van der Waals surface area contributed by atoms with Gasteiger partial charge in [0.25, 0.3) is 0 Å². The highest BCUT2D eigenvalue weighted by molar-refractivity contribution is 7.12. The van der Waals surface area contributed by atoms with Crippen LogP contribution in [0.2, 0.25) is 0 Å². The van der Waals surface area contributed by atoms with Crippen LogP contribution in [0, 0.1) is 0 Å². The second-order valence-corrected chi connectivity index (χ2v) is 6.52. The molecule has 1 aromatic heterocycles. The summed E-state index contributed by atoms with van der Waals surface area (Å²) in [5.74, 6) is -0.661. The number of aliphatic carboxylic acids is 1. The Bertz CT molecular complexity index is 457. The Kier molecular flexibility index (Phi) is 4.31. The summed E-state index contributed by atoms with van der Waals surface area (Å²) in [4.78, 5) is 16.6. The lowest BCUT2D eigenvalue weighted by Crippen LogP contribution is -2.50. The predicted octanol–water partition coefficient (Wildman–Crippen LogP) is 3.70. The maximum absolute atomic E-state index is 11.7. The molecule has 1 aliphatic rings. The molecule has 1 fully saturated rings. The lowest BCUT2D eigenvalue weighted by Gasteiger charge is -2.37.